The minimum atomic E-state index is -1.48. The summed E-state index contributed by atoms with van der Waals surface area (Å²) in [7, 11) is 0. The zero-order valence-electron chi connectivity index (χ0n) is 10.3. The van der Waals surface area contributed by atoms with Crippen LogP contribution >= 0.6 is 11.6 Å². The Hall–Kier alpha value is -1.79. The van der Waals surface area contributed by atoms with E-state index in [2.05, 4.69) is 10.6 Å². The van der Waals surface area contributed by atoms with Crippen molar-refractivity contribution in [1.29, 1.82) is 0 Å². The number of hydrogen-bond donors (Lipinski definition) is 4. The number of rotatable bonds is 5. The van der Waals surface area contributed by atoms with Gasteiger partial charge in [-0.15, -0.1) is 0 Å². The summed E-state index contributed by atoms with van der Waals surface area (Å²) in [6, 6.07) is 4.71. The lowest BCUT2D eigenvalue weighted by Gasteiger charge is -2.12. The van der Waals surface area contributed by atoms with Crippen LogP contribution in [0.5, 0.6) is 0 Å². The van der Waals surface area contributed by atoms with E-state index in [-0.39, 0.29) is 13.0 Å². The summed E-state index contributed by atoms with van der Waals surface area (Å²) < 4.78 is 0. The molecule has 0 saturated carbocycles. The first kappa shape index (κ1) is 15.3. The number of carboxylic acid groups (broad SMARTS) is 1. The summed E-state index contributed by atoms with van der Waals surface area (Å²) in [4.78, 5) is 21.9. The largest absolute Gasteiger partial charge is 0.479 e. The third kappa shape index (κ3) is 4.76. The Morgan fingerprint density at radius 2 is 2.11 bits per heavy atom. The molecule has 0 bridgehead atoms. The van der Waals surface area contributed by atoms with Gasteiger partial charge in [0.25, 0.3) is 0 Å². The van der Waals surface area contributed by atoms with E-state index in [0.717, 1.165) is 5.56 Å². The first-order chi connectivity index (χ1) is 8.91. The number of aliphatic carboxylic acids is 1. The molecule has 7 heteroatoms. The number of nitrogens with one attached hydrogen (secondary N) is 2. The lowest BCUT2D eigenvalue weighted by Crippen LogP contribution is -2.33. The predicted molar refractivity (Wildman–Crippen MR) is 71.5 cm³/mol. The summed E-state index contributed by atoms with van der Waals surface area (Å²) >= 11 is 5.94. The topological polar surface area (TPSA) is 98.7 Å². The van der Waals surface area contributed by atoms with E-state index in [1.165, 1.54) is 0 Å². The molecule has 1 aromatic rings. The number of aliphatic hydroxyl groups is 1. The molecule has 0 aliphatic heterocycles. The summed E-state index contributed by atoms with van der Waals surface area (Å²) in [6.07, 6.45) is -1.55. The molecule has 2 amide bonds. The lowest BCUT2D eigenvalue weighted by atomic mass is 10.2. The average molecular weight is 287 g/mol. The smallest absolute Gasteiger partial charge is 0.332 e. The summed E-state index contributed by atoms with van der Waals surface area (Å²) in [5.74, 6) is -1.32. The molecule has 0 fully saturated rings. The molecule has 0 saturated heterocycles. The minimum absolute atomic E-state index is 0.0444. The van der Waals surface area contributed by atoms with Crippen LogP contribution in [-0.2, 0) is 4.79 Å². The van der Waals surface area contributed by atoms with Crippen molar-refractivity contribution in [3.63, 3.8) is 0 Å². The fourth-order valence-corrected chi connectivity index (χ4v) is 1.66. The number of carbonyl (C=O) groups is 2. The molecule has 0 aliphatic carbocycles. The number of carboxylic acids is 1. The molecule has 0 aliphatic rings. The number of amides is 2. The second kappa shape index (κ2) is 6.96. The van der Waals surface area contributed by atoms with Gasteiger partial charge >= 0.3 is 12.0 Å². The molecular formula is C12H15ClN2O4. The average Bonchev–Trinajstić information content (AvgIpc) is 2.33. The van der Waals surface area contributed by atoms with E-state index in [4.69, 9.17) is 21.8 Å². The Bertz CT molecular complexity index is 459. The maximum Gasteiger partial charge on any atom is 0.332 e. The SMILES string of the molecule is Cc1cccc(Cl)c1NC(=O)NCCC(O)C(=O)O. The molecular weight excluding hydrogens is 272 g/mol. The van der Waals surface area contributed by atoms with Gasteiger partial charge in [-0.3, -0.25) is 0 Å². The van der Waals surface area contributed by atoms with Crippen molar-refractivity contribution in [3.05, 3.63) is 28.8 Å². The van der Waals surface area contributed by atoms with Gasteiger partial charge in [-0.25, -0.2) is 9.59 Å². The maximum absolute atomic E-state index is 11.6. The van der Waals surface area contributed by atoms with E-state index < -0.39 is 18.1 Å². The van der Waals surface area contributed by atoms with Gasteiger partial charge in [-0.2, -0.15) is 0 Å². The first-order valence-electron chi connectivity index (χ1n) is 5.62. The van der Waals surface area contributed by atoms with Crippen LogP contribution in [-0.4, -0.2) is 34.9 Å². The minimum Gasteiger partial charge on any atom is -0.479 e. The Morgan fingerprint density at radius 3 is 2.68 bits per heavy atom. The number of halogens is 1. The van der Waals surface area contributed by atoms with Crippen LogP contribution < -0.4 is 10.6 Å². The van der Waals surface area contributed by atoms with Crippen molar-refractivity contribution in [2.75, 3.05) is 11.9 Å². The number of urea groups is 1. The number of para-hydroxylation sites is 1. The molecule has 6 nitrogen and oxygen atoms in total. The highest BCUT2D eigenvalue weighted by Crippen LogP contribution is 2.24. The van der Waals surface area contributed by atoms with E-state index in [1.807, 2.05) is 0 Å². The van der Waals surface area contributed by atoms with E-state index in [1.54, 1.807) is 25.1 Å². The van der Waals surface area contributed by atoms with Crippen molar-refractivity contribution in [2.45, 2.75) is 19.4 Å². The molecule has 0 radical (unpaired) electrons. The zero-order valence-corrected chi connectivity index (χ0v) is 11.1. The third-order valence-electron chi connectivity index (χ3n) is 2.45. The third-order valence-corrected chi connectivity index (χ3v) is 2.76. The van der Waals surface area contributed by atoms with Crippen LogP contribution in [0.3, 0.4) is 0 Å². The Morgan fingerprint density at radius 1 is 1.42 bits per heavy atom. The number of aryl methyl sites for hydroxylation is 1. The van der Waals surface area contributed by atoms with Crippen LogP contribution in [0.15, 0.2) is 18.2 Å². The van der Waals surface area contributed by atoms with Crippen LogP contribution in [0, 0.1) is 6.92 Å². The van der Waals surface area contributed by atoms with Gasteiger partial charge in [0, 0.05) is 13.0 Å². The molecule has 1 atom stereocenters. The normalized spacial score (nSPS) is 11.7. The number of aliphatic hydroxyl groups excluding tert-OH is 1. The van der Waals surface area contributed by atoms with Gasteiger partial charge in [0.15, 0.2) is 6.10 Å². The highest BCUT2D eigenvalue weighted by molar-refractivity contribution is 6.33. The quantitative estimate of drug-likeness (QED) is 0.661. The van der Waals surface area contributed by atoms with Crippen molar-refractivity contribution in [2.24, 2.45) is 0 Å². The summed E-state index contributed by atoms with van der Waals surface area (Å²) in [6.45, 7) is 1.85. The number of anilines is 1. The van der Waals surface area contributed by atoms with Gasteiger partial charge in [0.2, 0.25) is 0 Å². The van der Waals surface area contributed by atoms with Crippen molar-refractivity contribution < 1.29 is 19.8 Å². The highest BCUT2D eigenvalue weighted by atomic mass is 35.5. The number of benzene rings is 1. The van der Waals surface area contributed by atoms with Gasteiger partial charge in [0.05, 0.1) is 10.7 Å². The molecule has 1 aromatic carbocycles. The van der Waals surface area contributed by atoms with E-state index in [9.17, 15) is 9.59 Å². The zero-order chi connectivity index (χ0) is 14.4. The maximum atomic E-state index is 11.6. The highest BCUT2D eigenvalue weighted by Gasteiger charge is 2.13. The molecule has 1 unspecified atom stereocenters. The van der Waals surface area contributed by atoms with Gasteiger partial charge in [-0.05, 0) is 18.6 Å². The monoisotopic (exact) mass is 286 g/mol. The molecule has 0 spiro atoms. The standard InChI is InChI=1S/C12H15ClN2O4/c1-7-3-2-4-8(13)10(7)15-12(19)14-6-5-9(16)11(17)18/h2-4,9,16H,5-6H2,1H3,(H,17,18)(H2,14,15,19). The van der Waals surface area contributed by atoms with Crippen molar-refractivity contribution >= 4 is 29.3 Å². The fraction of sp³-hybridized carbons (Fsp3) is 0.333. The summed E-state index contributed by atoms with van der Waals surface area (Å²) in [5, 5.41) is 22.9. The van der Waals surface area contributed by atoms with Crippen LogP contribution in [0.2, 0.25) is 5.02 Å². The summed E-state index contributed by atoms with van der Waals surface area (Å²) in [5.41, 5.74) is 1.31. The van der Waals surface area contributed by atoms with Gasteiger partial charge < -0.3 is 20.8 Å². The van der Waals surface area contributed by atoms with Crippen LogP contribution in [0.1, 0.15) is 12.0 Å². The Labute approximate surface area is 115 Å². The van der Waals surface area contributed by atoms with Gasteiger partial charge in [0.1, 0.15) is 0 Å². The molecule has 1 rings (SSSR count). The molecule has 0 heterocycles. The number of hydrogen-bond acceptors (Lipinski definition) is 3. The predicted octanol–water partition coefficient (Wildman–Crippen LogP) is 1.61. The van der Waals surface area contributed by atoms with E-state index >= 15 is 0 Å². The second-order valence-electron chi connectivity index (χ2n) is 3.96. The molecule has 0 aromatic heterocycles. The van der Waals surface area contributed by atoms with Crippen LogP contribution in [0.4, 0.5) is 10.5 Å². The molecule has 104 valence electrons. The van der Waals surface area contributed by atoms with E-state index in [0.29, 0.717) is 10.7 Å². The molecule has 4 N–H and O–H groups in total. The van der Waals surface area contributed by atoms with Crippen molar-refractivity contribution in [1.82, 2.24) is 5.32 Å². The Balaban J connectivity index is 2.46. The lowest BCUT2D eigenvalue weighted by molar-refractivity contribution is -0.146. The number of carbonyl (C=O) groups excluding carboxylic acids is 1. The first-order valence-corrected chi connectivity index (χ1v) is 6.00. The molecule has 19 heavy (non-hydrogen) atoms. The van der Waals surface area contributed by atoms with Crippen LogP contribution in [0.25, 0.3) is 0 Å². The Kier molecular flexibility index (Phi) is 5.59. The fourth-order valence-electron chi connectivity index (χ4n) is 1.39. The van der Waals surface area contributed by atoms with Crippen molar-refractivity contribution in [3.8, 4) is 0 Å². The second-order valence-corrected chi connectivity index (χ2v) is 4.36. The van der Waals surface area contributed by atoms with Gasteiger partial charge in [-0.1, -0.05) is 23.7 Å².